The Kier molecular flexibility index (Phi) is 4.68. The highest BCUT2D eigenvalue weighted by Crippen LogP contribution is 2.24. The van der Waals surface area contributed by atoms with Gasteiger partial charge in [-0.3, -0.25) is 4.79 Å². The summed E-state index contributed by atoms with van der Waals surface area (Å²) in [4.78, 5) is 12.2. The SMILES string of the molecule is CC(NC(=O)c1ccc(N)c(Br)c1)c1ccccc1Cl. The summed E-state index contributed by atoms with van der Waals surface area (Å²) in [6.07, 6.45) is 0. The van der Waals surface area contributed by atoms with Crippen molar-refractivity contribution in [3.63, 3.8) is 0 Å². The van der Waals surface area contributed by atoms with Crippen LogP contribution >= 0.6 is 27.5 Å². The van der Waals surface area contributed by atoms with Crippen molar-refractivity contribution in [2.45, 2.75) is 13.0 Å². The van der Waals surface area contributed by atoms with Crippen molar-refractivity contribution >= 4 is 39.1 Å². The molecule has 0 saturated carbocycles. The van der Waals surface area contributed by atoms with E-state index >= 15 is 0 Å². The molecule has 1 unspecified atom stereocenters. The Labute approximate surface area is 131 Å². The zero-order valence-corrected chi connectivity index (χ0v) is 13.2. The quantitative estimate of drug-likeness (QED) is 0.813. The summed E-state index contributed by atoms with van der Waals surface area (Å²) in [6.45, 7) is 1.89. The first-order valence-corrected chi connectivity index (χ1v) is 7.26. The van der Waals surface area contributed by atoms with E-state index in [4.69, 9.17) is 17.3 Å². The fourth-order valence-electron chi connectivity index (χ4n) is 1.85. The zero-order valence-electron chi connectivity index (χ0n) is 10.9. The van der Waals surface area contributed by atoms with Crippen LogP contribution in [-0.2, 0) is 0 Å². The Bertz CT molecular complexity index is 646. The van der Waals surface area contributed by atoms with Gasteiger partial charge in [-0.1, -0.05) is 29.8 Å². The smallest absolute Gasteiger partial charge is 0.251 e. The van der Waals surface area contributed by atoms with Crippen LogP contribution < -0.4 is 11.1 Å². The summed E-state index contributed by atoms with van der Waals surface area (Å²) in [5, 5.41) is 3.55. The number of nitrogens with one attached hydrogen (secondary N) is 1. The van der Waals surface area contributed by atoms with Crippen LogP contribution in [-0.4, -0.2) is 5.91 Å². The predicted molar refractivity (Wildman–Crippen MR) is 85.9 cm³/mol. The molecule has 0 aromatic heterocycles. The van der Waals surface area contributed by atoms with Crippen molar-refractivity contribution in [2.24, 2.45) is 0 Å². The standard InChI is InChI=1S/C15H14BrClN2O/c1-9(11-4-2-3-5-13(11)17)19-15(20)10-6-7-14(18)12(16)8-10/h2-9H,18H2,1H3,(H,19,20). The number of nitrogen functional groups attached to an aromatic ring is 1. The molecule has 0 aliphatic carbocycles. The summed E-state index contributed by atoms with van der Waals surface area (Å²) in [7, 11) is 0. The first-order valence-electron chi connectivity index (χ1n) is 6.09. The molecule has 0 saturated heterocycles. The van der Waals surface area contributed by atoms with Gasteiger partial charge >= 0.3 is 0 Å². The monoisotopic (exact) mass is 352 g/mol. The molecule has 0 spiro atoms. The summed E-state index contributed by atoms with van der Waals surface area (Å²) in [5.74, 6) is -0.168. The van der Waals surface area contributed by atoms with Gasteiger partial charge in [0.05, 0.1) is 6.04 Å². The number of benzene rings is 2. The Morgan fingerprint density at radius 1 is 1.30 bits per heavy atom. The van der Waals surface area contributed by atoms with E-state index in [1.54, 1.807) is 24.3 Å². The number of nitrogens with two attached hydrogens (primary N) is 1. The van der Waals surface area contributed by atoms with E-state index in [-0.39, 0.29) is 11.9 Å². The summed E-state index contributed by atoms with van der Waals surface area (Å²) in [6, 6.07) is 12.4. The van der Waals surface area contributed by atoms with Crippen LogP contribution in [0.5, 0.6) is 0 Å². The summed E-state index contributed by atoms with van der Waals surface area (Å²) >= 11 is 9.43. The maximum atomic E-state index is 12.2. The van der Waals surface area contributed by atoms with Gasteiger partial charge in [-0.2, -0.15) is 0 Å². The van der Waals surface area contributed by atoms with Crippen LogP contribution in [0.25, 0.3) is 0 Å². The average Bonchev–Trinajstić information content (AvgIpc) is 2.42. The lowest BCUT2D eigenvalue weighted by atomic mass is 10.1. The fourth-order valence-corrected chi connectivity index (χ4v) is 2.53. The highest BCUT2D eigenvalue weighted by atomic mass is 79.9. The van der Waals surface area contributed by atoms with E-state index in [0.717, 1.165) is 5.56 Å². The van der Waals surface area contributed by atoms with Gasteiger partial charge in [-0.05, 0) is 52.7 Å². The zero-order chi connectivity index (χ0) is 14.7. The van der Waals surface area contributed by atoms with Crippen molar-refractivity contribution in [1.82, 2.24) is 5.32 Å². The lowest BCUT2D eigenvalue weighted by Gasteiger charge is -2.16. The first kappa shape index (κ1) is 14.9. The minimum absolute atomic E-state index is 0.168. The van der Waals surface area contributed by atoms with E-state index in [0.29, 0.717) is 20.7 Å². The number of anilines is 1. The van der Waals surface area contributed by atoms with Crippen LogP contribution in [0.1, 0.15) is 28.9 Å². The van der Waals surface area contributed by atoms with Gasteiger partial charge < -0.3 is 11.1 Å². The number of carbonyl (C=O) groups is 1. The van der Waals surface area contributed by atoms with Gasteiger partial charge in [-0.15, -0.1) is 0 Å². The molecule has 104 valence electrons. The molecule has 0 fully saturated rings. The van der Waals surface area contributed by atoms with Crippen molar-refractivity contribution in [3.8, 4) is 0 Å². The molecule has 3 N–H and O–H groups in total. The Morgan fingerprint density at radius 2 is 2.00 bits per heavy atom. The van der Waals surface area contributed by atoms with Gasteiger partial charge in [-0.25, -0.2) is 0 Å². The number of rotatable bonds is 3. The Balaban J connectivity index is 2.15. The molecule has 3 nitrogen and oxygen atoms in total. The van der Waals surface area contributed by atoms with Gasteiger partial charge in [0.15, 0.2) is 0 Å². The van der Waals surface area contributed by atoms with E-state index in [9.17, 15) is 4.79 Å². The van der Waals surface area contributed by atoms with E-state index in [1.165, 1.54) is 0 Å². The van der Waals surface area contributed by atoms with Gasteiger partial charge in [0.25, 0.3) is 5.91 Å². The second-order valence-corrected chi connectivity index (χ2v) is 5.71. The molecule has 0 heterocycles. The van der Waals surface area contributed by atoms with Gasteiger partial charge in [0.2, 0.25) is 0 Å². The van der Waals surface area contributed by atoms with Crippen LogP contribution in [0.2, 0.25) is 5.02 Å². The highest BCUT2D eigenvalue weighted by molar-refractivity contribution is 9.10. The second kappa shape index (κ2) is 6.29. The molecular formula is C15H14BrClN2O. The van der Waals surface area contributed by atoms with E-state index in [1.807, 2.05) is 25.1 Å². The second-order valence-electron chi connectivity index (χ2n) is 4.45. The Hall–Kier alpha value is -1.52. The lowest BCUT2D eigenvalue weighted by molar-refractivity contribution is 0.0940. The third-order valence-electron chi connectivity index (χ3n) is 2.98. The topological polar surface area (TPSA) is 55.1 Å². The molecule has 20 heavy (non-hydrogen) atoms. The van der Waals surface area contributed by atoms with Crippen molar-refractivity contribution < 1.29 is 4.79 Å². The molecule has 0 aliphatic rings. The maximum Gasteiger partial charge on any atom is 0.251 e. The van der Waals surface area contributed by atoms with Gasteiger partial charge in [0.1, 0.15) is 0 Å². The Morgan fingerprint density at radius 3 is 2.65 bits per heavy atom. The molecule has 1 atom stereocenters. The lowest BCUT2D eigenvalue weighted by Crippen LogP contribution is -2.26. The van der Waals surface area contributed by atoms with Crippen LogP contribution in [0.15, 0.2) is 46.9 Å². The van der Waals surface area contributed by atoms with Crippen molar-refractivity contribution in [2.75, 3.05) is 5.73 Å². The van der Waals surface area contributed by atoms with Crippen molar-refractivity contribution in [3.05, 3.63) is 63.1 Å². The molecule has 2 rings (SSSR count). The van der Waals surface area contributed by atoms with E-state index in [2.05, 4.69) is 21.2 Å². The first-order chi connectivity index (χ1) is 9.49. The maximum absolute atomic E-state index is 12.2. The number of hydrogen-bond acceptors (Lipinski definition) is 2. The molecule has 1 amide bonds. The summed E-state index contributed by atoms with van der Waals surface area (Å²) in [5.41, 5.74) is 7.74. The van der Waals surface area contributed by atoms with Crippen molar-refractivity contribution in [1.29, 1.82) is 0 Å². The minimum atomic E-state index is -0.174. The molecule has 0 bridgehead atoms. The average molecular weight is 354 g/mol. The fraction of sp³-hybridized carbons (Fsp3) is 0.133. The minimum Gasteiger partial charge on any atom is -0.398 e. The molecule has 2 aromatic carbocycles. The molecular weight excluding hydrogens is 340 g/mol. The van der Waals surface area contributed by atoms with E-state index < -0.39 is 0 Å². The number of amides is 1. The van der Waals surface area contributed by atoms with Gasteiger partial charge in [0, 0.05) is 20.7 Å². The van der Waals surface area contributed by atoms with Crippen LogP contribution in [0.3, 0.4) is 0 Å². The number of carbonyl (C=O) groups excluding carboxylic acids is 1. The summed E-state index contributed by atoms with van der Waals surface area (Å²) < 4.78 is 0.704. The third-order valence-corrected chi connectivity index (χ3v) is 4.01. The third kappa shape index (κ3) is 3.32. The number of hydrogen-bond donors (Lipinski definition) is 2. The highest BCUT2D eigenvalue weighted by Gasteiger charge is 2.14. The molecule has 0 radical (unpaired) electrons. The normalized spacial score (nSPS) is 11.9. The largest absolute Gasteiger partial charge is 0.398 e. The molecule has 2 aromatic rings. The van der Waals surface area contributed by atoms with Crippen LogP contribution in [0.4, 0.5) is 5.69 Å². The molecule has 0 aliphatic heterocycles. The number of halogens is 2. The van der Waals surface area contributed by atoms with Crippen LogP contribution in [0, 0.1) is 0 Å². The molecule has 5 heteroatoms. The predicted octanol–water partition coefficient (Wildman–Crippen LogP) is 4.18.